The summed E-state index contributed by atoms with van der Waals surface area (Å²) in [7, 11) is 0. The molecule has 0 aliphatic carbocycles. The van der Waals surface area contributed by atoms with E-state index in [1.54, 1.807) is 12.1 Å². The van der Waals surface area contributed by atoms with Crippen molar-refractivity contribution in [2.24, 2.45) is 0 Å². The lowest BCUT2D eigenvalue weighted by molar-refractivity contribution is -0.273. The second kappa shape index (κ2) is 2.48. The van der Waals surface area contributed by atoms with Crippen molar-refractivity contribution in [2.75, 3.05) is 5.73 Å². The zero-order chi connectivity index (χ0) is 9.42. The van der Waals surface area contributed by atoms with Crippen LogP contribution in [-0.2, 0) is 5.11 Å². The van der Waals surface area contributed by atoms with Crippen LogP contribution in [0.4, 0.5) is 5.69 Å². The van der Waals surface area contributed by atoms with Crippen molar-refractivity contribution in [3.05, 3.63) is 18.2 Å². The molecule has 0 aliphatic heterocycles. The van der Waals surface area contributed by atoms with Crippen molar-refractivity contribution < 1.29 is 10.2 Å². The van der Waals surface area contributed by atoms with Crippen LogP contribution in [0.25, 0.3) is 10.8 Å². The first-order chi connectivity index (χ1) is 6.20. The van der Waals surface area contributed by atoms with Crippen molar-refractivity contribution in [1.82, 2.24) is 10.2 Å². The molecule has 1 radical (unpaired) electrons. The van der Waals surface area contributed by atoms with E-state index in [1.165, 1.54) is 6.07 Å². The van der Waals surface area contributed by atoms with Gasteiger partial charge in [-0.25, -0.2) is 0 Å². The Kier molecular flexibility index (Phi) is 1.45. The molecule has 0 saturated heterocycles. The Balaban J connectivity index is 3.00. The first-order valence-corrected chi connectivity index (χ1v) is 3.59. The second-order valence-corrected chi connectivity index (χ2v) is 2.58. The Labute approximate surface area is 73.4 Å². The molecule has 0 amide bonds. The van der Waals surface area contributed by atoms with Crippen LogP contribution in [0.15, 0.2) is 18.2 Å². The SMILES string of the molecule is Nc1cccc2c([O])nnc([O-])c12. The first-order valence-electron chi connectivity index (χ1n) is 3.59. The van der Waals surface area contributed by atoms with E-state index in [0.29, 0.717) is 0 Å². The number of hydrogen-bond acceptors (Lipinski definition) is 4. The van der Waals surface area contributed by atoms with E-state index in [-0.39, 0.29) is 16.5 Å². The minimum Gasteiger partial charge on any atom is -0.857 e. The van der Waals surface area contributed by atoms with Crippen LogP contribution in [-0.4, -0.2) is 10.2 Å². The highest BCUT2D eigenvalue weighted by Crippen LogP contribution is 2.30. The molecule has 0 bridgehead atoms. The number of nitrogen functional groups attached to an aromatic ring is 1. The Morgan fingerprint density at radius 2 is 2.08 bits per heavy atom. The fourth-order valence-electron chi connectivity index (χ4n) is 1.18. The highest BCUT2D eigenvalue weighted by atomic mass is 16.3. The minimum atomic E-state index is -0.562. The lowest BCUT2D eigenvalue weighted by Crippen LogP contribution is -1.99. The van der Waals surface area contributed by atoms with E-state index in [9.17, 15) is 10.2 Å². The van der Waals surface area contributed by atoms with Gasteiger partial charge in [0.25, 0.3) is 5.88 Å². The molecule has 0 unspecified atom stereocenters. The summed E-state index contributed by atoms with van der Waals surface area (Å²) >= 11 is 0. The fourth-order valence-corrected chi connectivity index (χ4v) is 1.18. The lowest BCUT2D eigenvalue weighted by atomic mass is 10.1. The molecule has 65 valence electrons. The molecule has 0 spiro atoms. The molecule has 13 heavy (non-hydrogen) atoms. The average molecular weight is 175 g/mol. The summed E-state index contributed by atoms with van der Waals surface area (Å²) in [5.41, 5.74) is 5.78. The quantitative estimate of drug-likeness (QED) is 0.587. The van der Waals surface area contributed by atoms with E-state index < -0.39 is 11.8 Å². The second-order valence-electron chi connectivity index (χ2n) is 2.58. The summed E-state index contributed by atoms with van der Waals surface area (Å²) in [4.78, 5) is 0. The maximum Gasteiger partial charge on any atom is 0.296 e. The van der Waals surface area contributed by atoms with Gasteiger partial charge in [0, 0.05) is 17.0 Å². The maximum absolute atomic E-state index is 11.2. The molecular formula is C8H5N3O2-. The van der Waals surface area contributed by atoms with Crippen molar-refractivity contribution >= 4 is 16.5 Å². The maximum atomic E-state index is 11.2. The molecule has 0 fully saturated rings. The topological polar surface area (TPSA) is 94.8 Å². The number of nitrogens with two attached hydrogens (primary N) is 1. The van der Waals surface area contributed by atoms with Gasteiger partial charge < -0.3 is 10.8 Å². The minimum absolute atomic E-state index is 0.155. The van der Waals surface area contributed by atoms with Gasteiger partial charge in [-0.15, -0.1) is 5.10 Å². The van der Waals surface area contributed by atoms with Gasteiger partial charge in [0.15, 0.2) is 0 Å². The molecule has 0 aliphatic rings. The molecule has 1 heterocycles. The van der Waals surface area contributed by atoms with Crippen molar-refractivity contribution in [1.29, 1.82) is 0 Å². The number of aromatic nitrogens is 2. The predicted molar refractivity (Wildman–Crippen MR) is 43.5 cm³/mol. The van der Waals surface area contributed by atoms with Gasteiger partial charge in [-0.2, -0.15) is 5.10 Å². The largest absolute Gasteiger partial charge is 0.857 e. The van der Waals surface area contributed by atoms with E-state index in [0.717, 1.165) is 0 Å². The normalized spacial score (nSPS) is 10.5. The molecule has 1 aromatic carbocycles. The molecule has 5 nitrogen and oxygen atoms in total. The molecule has 2 N–H and O–H groups in total. The summed E-state index contributed by atoms with van der Waals surface area (Å²) in [6.45, 7) is 0. The lowest BCUT2D eigenvalue weighted by Gasteiger charge is -2.09. The summed E-state index contributed by atoms with van der Waals surface area (Å²) < 4.78 is 0. The van der Waals surface area contributed by atoms with Gasteiger partial charge in [-0.1, -0.05) is 6.07 Å². The van der Waals surface area contributed by atoms with Crippen LogP contribution >= 0.6 is 0 Å². The predicted octanol–water partition coefficient (Wildman–Crippen LogP) is 0.429. The van der Waals surface area contributed by atoms with Crippen molar-refractivity contribution in [2.45, 2.75) is 0 Å². The smallest absolute Gasteiger partial charge is 0.296 e. The molecule has 2 aromatic rings. The van der Waals surface area contributed by atoms with Crippen LogP contribution in [0, 0.1) is 0 Å². The van der Waals surface area contributed by atoms with Gasteiger partial charge in [0.1, 0.15) is 0 Å². The Bertz CT molecular complexity index is 462. The summed E-state index contributed by atoms with van der Waals surface area (Å²) in [6, 6.07) is 4.65. The average Bonchev–Trinajstić information content (AvgIpc) is 2.12. The summed E-state index contributed by atoms with van der Waals surface area (Å²) in [5.74, 6) is -1.09. The number of hydrogen-bond donors (Lipinski definition) is 1. The van der Waals surface area contributed by atoms with Crippen LogP contribution in [0.3, 0.4) is 0 Å². The molecular weight excluding hydrogens is 170 g/mol. The Morgan fingerprint density at radius 3 is 2.77 bits per heavy atom. The molecule has 2 rings (SSSR count). The van der Waals surface area contributed by atoms with Crippen molar-refractivity contribution in [3.8, 4) is 11.8 Å². The third-order valence-corrected chi connectivity index (χ3v) is 1.77. The zero-order valence-electron chi connectivity index (χ0n) is 6.52. The van der Waals surface area contributed by atoms with Crippen molar-refractivity contribution in [3.63, 3.8) is 0 Å². The van der Waals surface area contributed by atoms with E-state index in [2.05, 4.69) is 10.2 Å². The van der Waals surface area contributed by atoms with E-state index in [1.807, 2.05) is 0 Å². The molecule has 0 atom stereocenters. The monoisotopic (exact) mass is 175 g/mol. The Hall–Kier alpha value is -2.04. The van der Waals surface area contributed by atoms with Crippen LogP contribution in [0.1, 0.15) is 0 Å². The zero-order valence-corrected chi connectivity index (χ0v) is 6.52. The van der Waals surface area contributed by atoms with Crippen LogP contribution in [0.2, 0.25) is 0 Å². The highest BCUT2D eigenvalue weighted by Gasteiger charge is 2.06. The van der Waals surface area contributed by atoms with Gasteiger partial charge in [0.05, 0.1) is 5.39 Å². The Morgan fingerprint density at radius 1 is 1.31 bits per heavy atom. The van der Waals surface area contributed by atoms with Gasteiger partial charge >= 0.3 is 0 Å². The number of benzene rings is 1. The number of nitrogens with zero attached hydrogens (tertiary/aromatic N) is 2. The van der Waals surface area contributed by atoms with E-state index >= 15 is 0 Å². The van der Waals surface area contributed by atoms with Crippen LogP contribution in [0.5, 0.6) is 11.8 Å². The van der Waals surface area contributed by atoms with Crippen LogP contribution < -0.4 is 10.8 Å². The number of fused-ring (bicyclic) bond motifs is 1. The summed E-state index contributed by atoms with van der Waals surface area (Å²) in [6.07, 6.45) is 0. The van der Waals surface area contributed by atoms with Gasteiger partial charge in [0.2, 0.25) is 0 Å². The highest BCUT2D eigenvalue weighted by molar-refractivity contribution is 5.98. The third-order valence-electron chi connectivity index (χ3n) is 1.77. The van der Waals surface area contributed by atoms with Gasteiger partial charge in [-0.05, 0) is 12.1 Å². The molecule has 1 aromatic heterocycles. The first kappa shape index (κ1) is 7.60. The third kappa shape index (κ3) is 1.01. The fraction of sp³-hybridized carbons (Fsp3) is 0. The molecule has 0 saturated carbocycles. The van der Waals surface area contributed by atoms with E-state index in [4.69, 9.17) is 5.73 Å². The standard InChI is InChI=1S/C8H6N3O2/c9-5-3-1-2-4-6(5)8(13)11-10-7(4)12/h1-3H,9H2,(H,11,13)/p-1. The molecule has 5 heteroatoms. The number of anilines is 1. The van der Waals surface area contributed by atoms with Gasteiger partial charge in [-0.3, -0.25) is 5.11 Å². The summed E-state index contributed by atoms with van der Waals surface area (Å²) in [5, 5.41) is 29.0. The number of rotatable bonds is 0.